The predicted molar refractivity (Wildman–Crippen MR) is 85.7 cm³/mol. The van der Waals surface area contributed by atoms with Crippen LogP contribution in [0.25, 0.3) is 0 Å². The average molecular weight is 302 g/mol. The Morgan fingerprint density at radius 3 is 2.73 bits per heavy atom. The molecule has 1 atom stereocenters. The molecule has 22 heavy (non-hydrogen) atoms. The smallest absolute Gasteiger partial charge is 0.222 e. The Balaban J connectivity index is 1.46. The maximum absolute atomic E-state index is 12.4. The second kappa shape index (κ2) is 7.61. The number of aromatic nitrogens is 1. The van der Waals surface area contributed by atoms with Gasteiger partial charge in [0.1, 0.15) is 11.9 Å². The predicted octanol–water partition coefficient (Wildman–Crippen LogP) is 3.42. The van der Waals surface area contributed by atoms with E-state index in [1.807, 2.05) is 17.0 Å². The van der Waals surface area contributed by atoms with Crippen LogP contribution in [0, 0.1) is 5.92 Å². The molecule has 0 radical (unpaired) electrons. The highest BCUT2D eigenvalue weighted by atomic mass is 16.5. The third-order valence-corrected chi connectivity index (χ3v) is 4.92. The Bertz CT molecular complexity index is 471. The average Bonchev–Trinajstić information content (AvgIpc) is 3.07. The molecule has 2 heterocycles. The Labute approximate surface area is 132 Å². The van der Waals surface area contributed by atoms with Crippen LogP contribution in [0.4, 0.5) is 0 Å². The number of hydrogen-bond acceptors (Lipinski definition) is 3. The minimum Gasteiger partial charge on any atom is -0.488 e. The lowest BCUT2D eigenvalue weighted by atomic mass is 10.0. The first-order chi connectivity index (χ1) is 10.8. The third-order valence-electron chi connectivity index (χ3n) is 4.92. The summed E-state index contributed by atoms with van der Waals surface area (Å²) in [6, 6.07) is 3.75. The molecule has 1 aromatic heterocycles. The molecule has 1 amide bonds. The highest BCUT2D eigenvalue weighted by Crippen LogP contribution is 2.29. The summed E-state index contributed by atoms with van der Waals surface area (Å²) in [5.41, 5.74) is 0. The van der Waals surface area contributed by atoms with Crippen LogP contribution in [0.3, 0.4) is 0 Å². The van der Waals surface area contributed by atoms with Crippen molar-refractivity contribution in [2.75, 3.05) is 13.1 Å². The molecule has 4 nitrogen and oxygen atoms in total. The molecule has 2 aliphatic rings. The number of likely N-dealkylation sites (tertiary alicyclic amines) is 1. The molecule has 3 rings (SSSR count). The van der Waals surface area contributed by atoms with Gasteiger partial charge in [0, 0.05) is 25.4 Å². The Morgan fingerprint density at radius 1 is 1.18 bits per heavy atom. The molecule has 0 aromatic carbocycles. The minimum absolute atomic E-state index is 0.117. The molecule has 0 N–H and O–H groups in total. The summed E-state index contributed by atoms with van der Waals surface area (Å²) in [5.74, 6) is 1.95. The number of carbonyl (C=O) groups is 1. The number of ether oxygens (including phenoxy) is 1. The molecule has 4 heteroatoms. The highest BCUT2D eigenvalue weighted by Gasteiger charge is 2.25. The zero-order valence-electron chi connectivity index (χ0n) is 13.2. The summed E-state index contributed by atoms with van der Waals surface area (Å²) in [6.07, 6.45) is 12.8. The number of amides is 1. The van der Waals surface area contributed by atoms with Gasteiger partial charge in [0.2, 0.25) is 5.91 Å². The van der Waals surface area contributed by atoms with Gasteiger partial charge in [-0.2, -0.15) is 0 Å². The van der Waals surface area contributed by atoms with E-state index in [0.29, 0.717) is 12.3 Å². The zero-order chi connectivity index (χ0) is 15.2. The van der Waals surface area contributed by atoms with Gasteiger partial charge < -0.3 is 9.64 Å². The van der Waals surface area contributed by atoms with E-state index in [1.165, 1.54) is 25.7 Å². The number of carbonyl (C=O) groups excluding carboxylic acids is 1. The number of piperidine rings is 1. The topological polar surface area (TPSA) is 42.4 Å². The molecule has 0 bridgehead atoms. The van der Waals surface area contributed by atoms with E-state index in [9.17, 15) is 4.79 Å². The van der Waals surface area contributed by atoms with Crippen LogP contribution in [0.2, 0.25) is 0 Å². The summed E-state index contributed by atoms with van der Waals surface area (Å²) in [4.78, 5) is 18.4. The van der Waals surface area contributed by atoms with Crippen molar-refractivity contribution >= 4 is 5.91 Å². The molecule has 0 spiro atoms. The lowest BCUT2D eigenvalue weighted by molar-refractivity contribution is -0.134. The zero-order valence-corrected chi connectivity index (χ0v) is 13.2. The van der Waals surface area contributed by atoms with Gasteiger partial charge in [-0.05, 0) is 37.3 Å². The van der Waals surface area contributed by atoms with Crippen LogP contribution in [0.15, 0.2) is 24.5 Å². The lowest BCUT2D eigenvalue weighted by Gasteiger charge is -2.33. The van der Waals surface area contributed by atoms with Crippen LogP contribution in [0.5, 0.6) is 5.75 Å². The third kappa shape index (κ3) is 4.21. The summed E-state index contributed by atoms with van der Waals surface area (Å²) in [6.45, 7) is 1.62. The first-order valence-corrected chi connectivity index (χ1v) is 8.66. The van der Waals surface area contributed by atoms with E-state index in [2.05, 4.69) is 4.98 Å². The van der Waals surface area contributed by atoms with Crippen LogP contribution in [-0.2, 0) is 4.79 Å². The van der Waals surface area contributed by atoms with Gasteiger partial charge in [-0.1, -0.05) is 25.7 Å². The Morgan fingerprint density at radius 2 is 1.95 bits per heavy atom. The largest absolute Gasteiger partial charge is 0.488 e. The first kappa shape index (κ1) is 15.3. The standard InChI is InChI=1S/C18H26N2O2/c21-18(8-7-15-4-1-2-5-15)20-13-3-6-17(14-20)22-16-9-11-19-12-10-16/h9-12,15,17H,1-8,13-14H2. The van der Waals surface area contributed by atoms with E-state index in [1.54, 1.807) is 12.4 Å². The fourth-order valence-corrected chi connectivity index (χ4v) is 3.65. The van der Waals surface area contributed by atoms with Crippen molar-refractivity contribution in [1.29, 1.82) is 0 Å². The maximum Gasteiger partial charge on any atom is 0.222 e. The van der Waals surface area contributed by atoms with Crippen molar-refractivity contribution in [2.24, 2.45) is 5.92 Å². The van der Waals surface area contributed by atoms with Crippen LogP contribution in [0.1, 0.15) is 51.4 Å². The molecule has 120 valence electrons. The maximum atomic E-state index is 12.4. The van der Waals surface area contributed by atoms with E-state index < -0.39 is 0 Å². The second-order valence-corrected chi connectivity index (χ2v) is 6.59. The molecule has 1 aliphatic carbocycles. The van der Waals surface area contributed by atoms with E-state index >= 15 is 0 Å². The van der Waals surface area contributed by atoms with Gasteiger partial charge >= 0.3 is 0 Å². The Hall–Kier alpha value is -1.58. The highest BCUT2D eigenvalue weighted by molar-refractivity contribution is 5.76. The number of nitrogens with zero attached hydrogens (tertiary/aromatic N) is 2. The molecular weight excluding hydrogens is 276 g/mol. The number of rotatable bonds is 5. The van der Waals surface area contributed by atoms with Crippen molar-refractivity contribution in [3.8, 4) is 5.75 Å². The van der Waals surface area contributed by atoms with Crippen molar-refractivity contribution in [3.05, 3.63) is 24.5 Å². The Kier molecular flexibility index (Phi) is 5.30. The van der Waals surface area contributed by atoms with Crippen molar-refractivity contribution in [1.82, 2.24) is 9.88 Å². The van der Waals surface area contributed by atoms with Gasteiger partial charge in [-0.15, -0.1) is 0 Å². The van der Waals surface area contributed by atoms with E-state index in [-0.39, 0.29) is 6.10 Å². The normalized spacial score (nSPS) is 22.7. The molecule has 1 unspecified atom stereocenters. The lowest BCUT2D eigenvalue weighted by Crippen LogP contribution is -2.44. The molecule has 1 saturated heterocycles. The SMILES string of the molecule is O=C(CCC1CCCC1)N1CCCC(Oc2ccncc2)C1. The molecule has 1 aromatic rings. The minimum atomic E-state index is 0.117. The fourth-order valence-electron chi connectivity index (χ4n) is 3.65. The molecule has 1 saturated carbocycles. The van der Waals surface area contributed by atoms with Crippen molar-refractivity contribution < 1.29 is 9.53 Å². The van der Waals surface area contributed by atoms with Gasteiger partial charge in [0.25, 0.3) is 0 Å². The van der Waals surface area contributed by atoms with Crippen LogP contribution < -0.4 is 4.74 Å². The van der Waals surface area contributed by atoms with Gasteiger partial charge in [0.05, 0.1) is 6.54 Å². The fraction of sp³-hybridized carbons (Fsp3) is 0.667. The summed E-state index contributed by atoms with van der Waals surface area (Å²) >= 11 is 0. The molecule has 2 fully saturated rings. The van der Waals surface area contributed by atoms with Crippen LogP contribution in [-0.4, -0.2) is 35.0 Å². The van der Waals surface area contributed by atoms with Gasteiger partial charge in [-0.3, -0.25) is 9.78 Å². The number of pyridine rings is 1. The van der Waals surface area contributed by atoms with Crippen LogP contribution >= 0.6 is 0 Å². The van der Waals surface area contributed by atoms with Gasteiger partial charge in [-0.25, -0.2) is 0 Å². The van der Waals surface area contributed by atoms with E-state index in [0.717, 1.165) is 44.0 Å². The van der Waals surface area contributed by atoms with Crippen molar-refractivity contribution in [2.45, 2.75) is 57.5 Å². The molecule has 1 aliphatic heterocycles. The van der Waals surface area contributed by atoms with Crippen molar-refractivity contribution in [3.63, 3.8) is 0 Å². The molecular formula is C18H26N2O2. The number of hydrogen-bond donors (Lipinski definition) is 0. The van der Waals surface area contributed by atoms with Gasteiger partial charge in [0.15, 0.2) is 0 Å². The quantitative estimate of drug-likeness (QED) is 0.837. The second-order valence-electron chi connectivity index (χ2n) is 6.59. The monoisotopic (exact) mass is 302 g/mol. The van der Waals surface area contributed by atoms with E-state index in [4.69, 9.17) is 4.74 Å². The first-order valence-electron chi connectivity index (χ1n) is 8.66. The summed E-state index contributed by atoms with van der Waals surface area (Å²) in [5, 5.41) is 0. The summed E-state index contributed by atoms with van der Waals surface area (Å²) in [7, 11) is 0. The summed E-state index contributed by atoms with van der Waals surface area (Å²) < 4.78 is 5.98.